The Kier molecular flexibility index (Phi) is 8.35. The number of carboxylic acids is 1. The average molecular weight is 531 g/mol. The number of carboxylic acid groups (broad SMARTS) is 1. The van der Waals surface area contributed by atoms with E-state index in [9.17, 15) is 19.1 Å². The predicted octanol–water partition coefficient (Wildman–Crippen LogP) is 4.85. The second-order valence-corrected chi connectivity index (χ2v) is 9.47. The van der Waals surface area contributed by atoms with Crippen LogP contribution in [-0.4, -0.2) is 58.6 Å². The number of benzene rings is 2. The molecule has 3 aromatic rings. The summed E-state index contributed by atoms with van der Waals surface area (Å²) in [5, 5.41) is 9.63. The van der Waals surface area contributed by atoms with Crippen molar-refractivity contribution >= 4 is 23.5 Å². The Labute approximate surface area is 219 Å². The molecule has 2 heterocycles. The SMILES string of the molecule is C[C@@H]1CN(Cc2ccc(F)cc2)[C@@H](C)CN1C(=O)COc1ccc(Cl)cc1OCc1occc1C(=O)O. The van der Waals surface area contributed by atoms with Gasteiger partial charge in [0.05, 0.1) is 6.26 Å². The highest BCUT2D eigenvalue weighted by Gasteiger charge is 2.32. The maximum atomic E-state index is 13.2. The Bertz CT molecular complexity index is 1250. The molecular formula is C27H28ClFN2O6. The molecular weight excluding hydrogens is 503 g/mol. The van der Waals surface area contributed by atoms with Crippen LogP contribution >= 0.6 is 11.6 Å². The van der Waals surface area contributed by atoms with Crippen LogP contribution in [0.5, 0.6) is 11.5 Å². The van der Waals surface area contributed by atoms with Gasteiger partial charge in [0, 0.05) is 42.8 Å². The summed E-state index contributed by atoms with van der Waals surface area (Å²) in [5.41, 5.74) is 1.02. The number of piperazine rings is 1. The van der Waals surface area contributed by atoms with Gasteiger partial charge in [-0.15, -0.1) is 0 Å². The molecule has 2 atom stereocenters. The van der Waals surface area contributed by atoms with Crippen LogP contribution in [-0.2, 0) is 17.9 Å². The van der Waals surface area contributed by atoms with Crippen molar-refractivity contribution in [1.29, 1.82) is 0 Å². The summed E-state index contributed by atoms with van der Waals surface area (Å²) in [4.78, 5) is 28.4. The molecule has 1 amide bonds. The van der Waals surface area contributed by atoms with E-state index in [-0.39, 0.29) is 54.1 Å². The molecule has 1 aliphatic rings. The molecule has 1 N–H and O–H groups in total. The number of nitrogens with zero attached hydrogens (tertiary/aromatic N) is 2. The fourth-order valence-electron chi connectivity index (χ4n) is 4.31. The second kappa shape index (κ2) is 11.7. The van der Waals surface area contributed by atoms with Gasteiger partial charge in [-0.1, -0.05) is 23.7 Å². The Morgan fingerprint density at radius 1 is 1.05 bits per heavy atom. The Hall–Kier alpha value is -3.56. The molecule has 0 unspecified atom stereocenters. The largest absolute Gasteiger partial charge is 0.482 e. The van der Waals surface area contributed by atoms with Gasteiger partial charge < -0.3 is 23.9 Å². The smallest absolute Gasteiger partial charge is 0.339 e. The molecule has 0 saturated carbocycles. The van der Waals surface area contributed by atoms with E-state index < -0.39 is 5.97 Å². The Morgan fingerprint density at radius 3 is 2.54 bits per heavy atom. The number of ether oxygens (including phenoxy) is 2. The van der Waals surface area contributed by atoms with Gasteiger partial charge in [0.1, 0.15) is 18.0 Å². The minimum atomic E-state index is -1.12. The number of carbonyl (C=O) groups excluding carboxylic acids is 1. The number of amides is 1. The number of hydrogen-bond acceptors (Lipinski definition) is 6. The number of aromatic carboxylic acids is 1. The van der Waals surface area contributed by atoms with Crippen molar-refractivity contribution in [1.82, 2.24) is 9.80 Å². The summed E-state index contributed by atoms with van der Waals surface area (Å²) in [5.74, 6) is -0.838. The van der Waals surface area contributed by atoms with Gasteiger partial charge in [0.15, 0.2) is 23.9 Å². The summed E-state index contributed by atoms with van der Waals surface area (Å²) in [6.07, 6.45) is 1.28. The van der Waals surface area contributed by atoms with E-state index in [1.807, 2.05) is 6.92 Å². The van der Waals surface area contributed by atoms with Crippen LogP contribution in [0, 0.1) is 5.82 Å². The van der Waals surface area contributed by atoms with E-state index in [1.165, 1.54) is 30.5 Å². The number of carbonyl (C=O) groups is 2. The van der Waals surface area contributed by atoms with Crippen LogP contribution < -0.4 is 9.47 Å². The van der Waals surface area contributed by atoms with Gasteiger partial charge >= 0.3 is 5.97 Å². The molecule has 4 rings (SSSR count). The molecule has 1 aromatic heterocycles. The Morgan fingerprint density at radius 2 is 1.81 bits per heavy atom. The van der Waals surface area contributed by atoms with Gasteiger partial charge in [-0.05, 0) is 49.7 Å². The third-order valence-corrected chi connectivity index (χ3v) is 6.56. The fraction of sp³-hybridized carbons (Fsp3) is 0.333. The lowest BCUT2D eigenvalue weighted by Gasteiger charge is -2.44. The van der Waals surface area contributed by atoms with Crippen LogP contribution in [0.1, 0.15) is 35.5 Å². The van der Waals surface area contributed by atoms with Crippen LogP contribution in [0.2, 0.25) is 5.02 Å². The first-order valence-electron chi connectivity index (χ1n) is 11.8. The van der Waals surface area contributed by atoms with Crippen molar-refractivity contribution in [3.05, 3.63) is 82.5 Å². The number of halogens is 2. The number of hydrogen-bond donors (Lipinski definition) is 1. The minimum absolute atomic E-state index is 0.00125. The van der Waals surface area contributed by atoms with Crippen molar-refractivity contribution in [3.8, 4) is 11.5 Å². The molecule has 0 aliphatic carbocycles. The Balaban J connectivity index is 1.35. The summed E-state index contributed by atoms with van der Waals surface area (Å²) in [6.45, 7) is 5.58. The lowest BCUT2D eigenvalue weighted by Crippen LogP contribution is -2.58. The molecule has 10 heteroatoms. The highest BCUT2D eigenvalue weighted by atomic mass is 35.5. The maximum absolute atomic E-state index is 13.2. The van der Waals surface area contributed by atoms with E-state index in [0.717, 1.165) is 5.56 Å². The number of rotatable bonds is 9. The highest BCUT2D eigenvalue weighted by Crippen LogP contribution is 2.32. The monoisotopic (exact) mass is 530 g/mol. The summed E-state index contributed by atoms with van der Waals surface area (Å²) in [6, 6.07) is 12.6. The van der Waals surface area contributed by atoms with Crippen molar-refractivity contribution in [2.45, 2.75) is 39.1 Å². The fourth-order valence-corrected chi connectivity index (χ4v) is 4.47. The maximum Gasteiger partial charge on any atom is 0.339 e. The normalized spacial score (nSPS) is 18.0. The summed E-state index contributed by atoms with van der Waals surface area (Å²) < 4.78 is 30.0. The summed E-state index contributed by atoms with van der Waals surface area (Å²) >= 11 is 6.11. The van der Waals surface area contributed by atoms with Crippen molar-refractivity contribution in [3.63, 3.8) is 0 Å². The van der Waals surface area contributed by atoms with Gasteiger partial charge in [-0.3, -0.25) is 9.69 Å². The third-order valence-electron chi connectivity index (χ3n) is 6.33. The molecule has 1 aliphatic heterocycles. The first-order valence-corrected chi connectivity index (χ1v) is 12.2. The van der Waals surface area contributed by atoms with Crippen LogP contribution in [0.25, 0.3) is 0 Å². The molecule has 0 radical (unpaired) electrons. The standard InChI is InChI=1S/C27H28ClFN2O6/c1-17-13-31(18(2)12-30(17)14-19-3-6-21(29)7-4-19)26(32)16-37-23-8-5-20(28)11-24(23)36-15-25-22(27(33)34)9-10-35-25/h3-11,17-18H,12-16H2,1-2H3,(H,33,34)/t17-,18+/m0/s1. The predicted molar refractivity (Wildman–Crippen MR) is 134 cm³/mol. The van der Waals surface area contributed by atoms with Crippen LogP contribution in [0.3, 0.4) is 0 Å². The number of furan rings is 1. The van der Waals surface area contributed by atoms with Gasteiger partial charge in [0.2, 0.25) is 0 Å². The summed E-state index contributed by atoms with van der Waals surface area (Å²) in [7, 11) is 0. The molecule has 0 spiro atoms. The lowest BCUT2D eigenvalue weighted by atomic mass is 10.1. The average Bonchev–Trinajstić information content (AvgIpc) is 3.34. The van der Waals surface area contributed by atoms with Crippen LogP contribution in [0.4, 0.5) is 4.39 Å². The molecule has 2 aromatic carbocycles. The first kappa shape index (κ1) is 26.5. The van der Waals surface area contributed by atoms with Gasteiger partial charge in [-0.2, -0.15) is 0 Å². The highest BCUT2D eigenvalue weighted by molar-refractivity contribution is 6.30. The molecule has 37 heavy (non-hydrogen) atoms. The van der Waals surface area contributed by atoms with E-state index in [1.54, 1.807) is 29.2 Å². The second-order valence-electron chi connectivity index (χ2n) is 9.03. The van der Waals surface area contributed by atoms with Crippen molar-refractivity contribution < 1.29 is 33.0 Å². The quantitative estimate of drug-likeness (QED) is 0.423. The van der Waals surface area contributed by atoms with E-state index in [0.29, 0.717) is 30.4 Å². The zero-order chi connectivity index (χ0) is 26.5. The van der Waals surface area contributed by atoms with E-state index in [4.69, 9.17) is 25.5 Å². The van der Waals surface area contributed by atoms with Gasteiger partial charge in [-0.25, -0.2) is 9.18 Å². The molecule has 8 nitrogen and oxygen atoms in total. The lowest BCUT2D eigenvalue weighted by molar-refractivity contribution is -0.139. The molecule has 196 valence electrons. The minimum Gasteiger partial charge on any atom is -0.482 e. The van der Waals surface area contributed by atoms with Crippen molar-refractivity contribution in [2.24, 2.45) is 0 Å². The van der Waals surface area contributed by atoms with E-state index in [2.05, 4.69) is 11.8 Å². The first-order chi connectivity index (χ1) is 17.7. The zero-order valence-electron chi connectivity index (χ0n) is 20.5. The van der Waals surface area contributed by atoms with Gasteiger partial charge in [0.25, 0.3) is 5.91 Å². The molecule has 0 bridgehead atoms. The molecule has 1 saturated heterocycles. The molecule has 1 fully saturated rings. The van der Waals surface area contributed by atoms with E-state index >= 15 is 0 Å². The van der Waals surface area contributed by atoms with Crippen molar-refractivity contribution in [2.75, 3.05) is 19.7 Å². The topological polar surface area (TPSA) is 92.5 Å². The third kappa shape index (κ3) is 6.61. The zero-order valence-corrected chi connectivity index (χ0v) is 21.3. The van der Waals surface area contributed by atoms with Crippen LogP contribution in [0.15, 0.2) is 59.2 Å².